The van der Waals surface area contributed by atoms with Crippen LogP contribution in [-0.4, -0.2) is 55.2 Å². The van der Waals surface area contributed by atoms with Gasteiger partial charge in [-0.1, -0.05) is 0 Å². The number of hydrogen-bond donors (Lipinski definition) is 1. The Hall–Kier alpha value is -1.88. The fraction of sp³-hybridized carbons (Fsp3) is 0.500. The molecule has 0 radical (unpaired) electrons. The van der Waals surface area contributed by atoms with E-state index >= 15 is 0 Å². The van der Waals surface area contributed by atoms with Crippen molar-refractivity contribution in [1.29, 1.82) is 0 Å². The van der Waals surface area contributed by atoms with Crippen molar-refractivity contribution in [3.8, 4) is 5.75 Å². The lowest BCUT2D eigenvalue weighted by molar-refractivity contribution is -0.187. The van der Waals surface area contributed by atoms with E-state index in [2.05, 4.69) is 4.98 Å². The molecular weight excluding hydrogens is 341 g/mol. The Kier molecular flexibility index (Phi) is 4.53. The van der Waals surface area contributed by atoms with E-state index < -0.39 is 47.1 Å². The molecule has 2 heterocycles. The minimum absolute atomic E-state index is 0.118. The third kappa shape index (κ3) is 3.39. The number of hydrogen-bond acceptors (Lipinski definition) is 5. The number of halogens is 3. The molecule has 128 valence electrons. The SMILES string of the molecule is COc1cncc(S(=O)(=O)N2C[C@@H](C(F)(F)F)[C@H](C(=O)O)C2)c1. The molecule has 0 saturated carbocycles. The molecule has 2 rings (SSSR count). The van der Waals surface area contributed by atoms with E-state index in [1.54, 1.807) is 0 Å². The van der Waals surface area contributed by atoms with Gasteiger partial charge in [0.25, 0.3) is 0 Å². The van der Waals surface area contributed by atoms with Gasteiger partial charge in [0.2, 0.25) is 10.0 Å². The van der Waals surface area contributed by atoms with E-state index in [0.29, 0.717) is 4.31 Å². The van der Waals surface area contributed by atoms with Crippen molar-refractivity contribution in [3.05, 3.63) is 18.5 Å². The van der Waals surface area contributed by atoms with E-state index in [9.17, 15) is 26.4 Å². The van der Waals surface area contributed by atoms with Gasteiger partial charge in [-0.25, -0.2) is 8.42 Å². The fourth-order valence-electron chi connectivity index (χ4n) is 2.35. The monoisotopic (exact) mass is 354 g/mol. The highest BCUT2D eigenvalue weighted by Gasteiger charge is 2.55. The molecule has 0 unspecified atom stereocenters. The maximum atomic E-state index is 12.9. The van der Waals surface area contributed by atoms with Gasteiger partial charge < -0.3 is 9.84 Å². The van der Waals surface area contributed by atoms with Crippen molar-refractivity contribution in [1.82, 2.24) is 9.29 Å². The van der Waals surface area contributed by atoms with Gasteiger partial charge in [-0.05, 0) is 0 Å². The molecule has 1 N–H and O–H groups in total. The maximum absolute atomic E-state index is 12.9. The van der Waals surface area contributed by atoms with E-state index in [1.165, 1.54) is 13.3 Å². The zero-order chi connectivity index (χ0) is 17.4. The highest BCUT2D eigenvalue weighted by atomic mass is 32.2. The molecule has 0 bridgehead atoms. The molecule has 1 aromatic heterocycles. The Morgan fingerprint density at radius 1 is 1.39 bits per heavy atom. The van der Waals surface area contributed by atoms with Crippen LogP contribution in [0.1, 0.15) is 0 Å². The zero-order valence-electron chi connectivity index (χ0n) is 11.8. The molecule has 0 spiro atoms. The molecule has 1 saturated heterocycles. The summed E-state index contributed by atoms with van der Waals surface area (Å²) in [6.07, 6.45) is -2.60. The Morgan fingerprint density at radius 2 is 2.04 bits per heavy atom. The largest absolute Gasteiger partial charge is 0.495 e. The number of carboxylic acid groups (broad SMARTS) is 1. The van der Waals surface area contributed by atoms with Gasteiger partial charge in [-0.15, -0.1) is 0 Å². The van der Waals surface area contributed by atoms with E-state index in [1.807, 2.05) is 0 Å². The summed E-state index contributed by atoms with van der Waals surface area (Å²) < 4.78 is 69.0. The first kappa shape index (κ1) is 17.5. The van der Waals surface area contributed by atoms with Crippen LogP contribution in [0.5, 0.6) is 5.75 Å². The number of alkyl halides is 3. The molecule has 7 nitrogen and oxygen atoms in total. The lowest BCUT2D eigenvalue weighted by Gasteiger charge is -2.18. The summed E-state index contributed by atoms with van der Waals surface area (Å²) in [6, 6.07) is 1.11. The molecule has 23 heavy (non-hydrogen) atoms. The standard InChI is InChI=1S/C12H13F3N2O5S/c1-22-7-2-8(4-16-3-7)23(20,21)17-5-9(11(18)19)10(6-17)12(13,14)15/h2-4,9-10H,5-6H2,1H3,(H,18,19)/t9-,10-/m1/s1. The van der Waals surface area contributed by atoms with Crippen LogP contribution in [0.3, 0.4) is 0 Å². The first-order valence-electron chi connectivity index (χ1n) is 6.36. The van der Waals surface area contributed by atoms with Gasteiger partial charge in [-0.3, -0.25) is 9.78 Å². The summed E-state index contributed by atoms with van der Waals surface area (Å²) in [5, 5.41) is 8.93. The molecule has 1 aliphatic rings. The zero-order valence-corrected chi connectivity index (χ0v) is 12.6. The summed E-state index contributed by atoms with van der Waals surface area (Å²) in [5.41, 5.74) is 0. The van der Waals surface area contributed by atoms with Crippen molar-refractivity contribution in [2.75, 3.05) is 20.2 Å². The second kappa shape index (κ2) is 5.96. The predicted octanol–water partition coefficient (Wildman–Crippen LogP) is 0.974. The number of pyridine rings is 1. The third-order valence-electron chi connectivity index (χ3n) is 3.59. The topological polar surface area (TPSA) is 96.8 Å². The van der Waals surface area contributed by atoms with Gasteiger partial charge >= 0.3 is 12.1 Å². The fourth-order valence-corrected chi connectivity index (χ4v) is 3.82. The van der Waals surface area contributed by atoms with E-state index in [0.717, 1.165) is 12.3 Å². The van der Waals surface area contributed by atoms with Gasteiger partial charge in [0.1, 0.15) is 10.6 Å². The summed E-state index contributed by atoms with van der Waals surface area (Å²) in [5.74, 6) is -5.67. The van der Waals surface area contributed by atoms with Crippen LogP contribution in [0.4, 0.5) is 13.2 Å². The summed E-state index contributed by atoms with van der Waals surface area (Å²) in [4.78, 5) is 14.3. The smallest absolute Gasteiger partial charge is 0.393 e. The first-order chi connectivity index (χ1) is 10.6. The molecule has 1 aromatic rings. The van der Waals surface area contributed by atoms with Crippen LogP contribution in [0.2, 0.25) is 0 Å². The number of sulfonamides is 1. The minimum atomic E-state index is -4.81. The van der Waals surface area contributed by atoms with Crippen molar-refractivity contribution in [2.45, 2.75) is 11.1 Å². The van der Waals surface area contributed by atoms with Crippen LogP contribution in [-0.2, 0) is 14.8 Å². The molecule has 0 aliphatic carbocycles. The van der Waals surface area contributed by atoms with Crippen LogP contribution in [0.25, 0.3) is 0 Å². The number of carbonyl (C=O) groups is 1. The average Bonchev–Trinajstić information content (AvgIpc) is 2.93. The lowest BCUT2D eigenvalue weighted by atomic mass is 9.96. The molecule has 2 atom stereocenters. The number of aliphatic carboxylic acids is 1. The van der Waals surface area contributed by atoms with Gasteiger partial charge in [-0.2, -0.15) is 17.5 Å². The normalized spacial score (nSPS) is 23.0. The van der Waals surface area contributed by atoms with Crippen molar-refractivity contribution in [2.24, 2.45) is 11.8 Å². The number of nitrogens with zero attached hydrogens (tertiary/aromatic N) is 2. The lowest BCUT2D eigenvalue weighted by Crippen LogP contribution is -2.34. The summed E-state index contributed by atoms with van der Waals surface area (Å²) in [6.45, 7) is -1.70. The molecular formula is C12H13F3N2O5S. The quantitative estimate of drug-likeness (QED) is 0.866. The molecule has 0 amide bonds. The Bertz CT molecular complexity index is 707. The van der Waals surface area contributed by atoms with Crippen LogP contribution in [0.15, 0.2) is 23.4 Å². The van der Waals surface area contributed by atoms with E-state index in [-0.39, 0.29) is 10.6 Å². The summed E-state index contributed by atoms with van der Waals surface area (Å²) in [7, 11) is -3.02. The van der Waals surface area contributed by atoms with Crippen molar-refractivity contribution < 1.29 is 36.2 Å². The highest BCUT2D eigenvalue weighted by Crippen LogP contribution is 2.39. The number of ether oxygens (including phenoxy) is 1. The average molecular weight is 354 g/mol. The van der Waals surface area contributed by atoms with Gasteiger partial charge in [0.05, 0.1) is 25.1 Å². The number of carboxylic acids is 1. The molecule has 1 fully saturated rings. The van der Waals surface area contributed by atoms with Crippen molar-refractivity contribution in [3.63, 3.8) is 0 Å². The third-order valence-corrected chi connectivity index (χ3v) is 5.38. The molecule has 0 aromatic carbocycles. The Labute approximate surface area is 129 Å². The Morgan fingerprint density at radius 3 is 2.52 bits per heavy atom. The van der Waals surface area contributed by atoms with Crippen LogP contribution < -0.4 is 4.74 Å². The number of aromatic nitrogens is 1. The van der Waals surface area contributed by atoms with Crippen LogP contribution in [0, 0.1) is 11.8 Å². The maximum Gasteiger partial charge on any atom is 0.393 e. The Balaban J connectivity index is 2.36. The molecule has 1 aliphatic heterocycles. The van der Waals surface area contributed by atoms with Crippen molar-refractivity contribution >= 4 is 16.0 Å². The number of methoxy groups -OCH3 is 1. The van der Waals surface area contributed by atoms with Gasteiger partial charge in [0.15, 0.2) is 0 Å². The predicted molar refractivity (Wildman–Crippen MR) is 70.2 cm³/mol. The van der Waals surface area contributed by atoms with E-state index in [4.69, 9.17) is 9.84 Å². The minimum Gasteiger partial charge on any atom is -0.495 e. The second-order valence-electron chi connectivity index (χ2n) is 4.98. The second-order valence-corrected chi connectivity index (χ2v) is 6.91. The highest BCUT2D eigenvalue weighted by molar-refractivity contribution is 7.89. The first-order valence-corrected chi connectivity index (χ1v) is 7.80. The van der Waals surface area contributed by atoms with Crippen LogP contribution >= 0.6 is 0 Å². The van der Waals surface area contributed by atoms with Gasteiger partial charge in [0, 0.05) is 25.4 Å². The molecule has 11 heteroatoms. The number of rotatable bonds is 4. The summed E-state index contributed by atoms with van der Waals surface area (Å²) >= 11 is 0.